The molecule has 1 atom stereocenters. The fourth-order valence-electron chi connectivity index (χ4n) is 2.90. The van der Waals surface area contributed by atoms with Crippen LogP contribution in [0.25, 0.3) is 0 Å². The number of rotatable bonds is 5. The summed E-state index contributed by atoms with van der Waals surface area (Å²) in [5.74, 6) is 0.675. The molecule has 2 rings (SSSR count). The van der Waals surface area contributed by atoms with Crippen LogP contribution >= 0.6 is 0 Å². The molecule has 0 bridgehead atoms. The number of halogens is 1. The van der Waals surface area contributed by atoms with E-state index < -0.39 is 0 Å². The van der Waals surface area contributed by atoms with Gasteiger partial charge in [-0.2, -0.15) is 0 Å². The normalized spacial score (nSPS) is 20.6. The fourth-order valence-corrected chi connectivity index (χ4v) is 2.90. The summed E-state index contributed by atoms with van der Waals surface area (Å²) in [6.45, 7) is 5.30. The van der Waals surface area contributed by atoms with Crippen molar-refractivity contribution >= 4 is 5.78 Å². The summed E-state index contributed by atoms with van der Waals surface area (Å²) in [5.41, 5.74) is 0.618. The maximum Gasteiger partial charge on any atom is 0.164 e. The van der Waals surface area contributed by atoms with Gasteiger partial charge in [0.05, 0.1) is 0 Å². The van der Waals surface area contributed by atoms with Gasteiger partial charge in [-0.1, -0.05) is 13.3 Å². The van der Waals surface area contributed by atoms with Crippen molar-refractivity contribution in [1.82, 2.24) is 4.90 Å². The molecule has 1 aromatic rings. The molecule has 1 aliphatic heterocycles. The van der Waals surface area contributed by atoms with Gasteiger partial charge >= 0.3 is 0 Å². The van der Waals surface area contributed by atoms with Crippen LogP contribution in [0.5, 0.6) is 0 Å². The minimum Gasteiger partial charge on any atom is -0.303 e. The molecule has 3 heteroatoms. The van der Waals surface area contributed by atoms with Gasteiger partial charge in [0.25, 0.3) is 0 Å². The molecule has 1 aromatic carbocycles. The van der Waals surface area contributed by atoms with Crippen molar-refractivity contribution in [1.29, 1.82) is 0 Å². The lowest BCUT2D eigenvalue weighted by Gasteiger charge is -2.19. The van der Waals surface area contributed by atoms with Crippen molar-refractivity contribution in [3.63, 3.8) is 0 Å². The van der Waals surface area contributed by atoms with E-state index in [-0.39, 0.29) is 11.6 Å². The first-order chi connectivity index (χ1) is 9.69. The largest absolute Gasteiger partial charge is 0.303 e. The second-order valence-electron chi connectivity index (χ2n) is 5.73. The summed E-state index contributed by atoms with van der Waals surface area (Å²) in [5, 5.41) is 0. The molecule has 20 heavy (non-hydrogen) atoms. The van der Waals surface area contributed by atoms with E-state index in [1.54, 1.807) is 12.1 Å². The van der Waals surface area contributed by atoms with E-state index in [1.165, 1.54) is 37.8 Å². The molecule has 0 spiro atoms. The molecule has 0 aromatic heterocycles. The summed E-state index contributed by atoms with van der Waals surface area (Å²) >= 11 is 0. The number of hydrogen-bond acceptors (Lipinski definition) is 2. The second-order valence-corrected chi connectivity index (χ2v) is 5.73. The molecule has 0 N–H and O–H groups in total. The van der Waals surface area contributed by atoms with Gasteiger partial charge in [0, 0.05) is 18.5 Å². The molecule has 0 aliphatic carbocycles. The van der Waals surface area contributed by atoms with Gasteiger partial charge in [0.15, 0.2) is 5.78 Å². The average molecular weight is 277 g/mol. The Bertz CT molecular complexity index is 429. The first kappa shape index (κ1) is 15.2. The molecule has 2 nitrogen and oxygen atoms in total. The fraction of sp³-hybridized carbons (Fsp3) is 0.588. The highest BCUT2D eigenvalue weighted by molar-refractivity contribution is 5.96. The van der Waals surface area contributed by atoms with E-state index >= 15 is 0 Å². The lowest BCUT2D eigenvalue weighted by atomic mass is 9.98. The monoisotopic (exact) mass is 277 g/mol. The Morgan fingerprint density at radius 3 is 2.70 bits per heavy atom. The van der Waals surface area contributed by atoms with Crippen LogP contribution in [0.1, 0.15) is 49.4 Å². The van der Waals surface area contributed by atoms with Crippen LogP contribution < -0.4 is 0 Å². The highest BCUT2D eigenvalue weighted by Crippen LogP contribution is 2.20. The summed E-state index contributed by atoms with van der Waals surface area (Å²) in [6, 6.07) is 5.86. The lowest BCUT2D eigenvalue weighted by molar-refractivity contribution is 0.0964. The van der Waals surface area contributed by atoms with E-state index in [0.29, 0.717) is 12.0 Å². The Morgan fingerprint density at radius 1 is 1.25 bits per heavy atom. The number of carbonyl (C=O) groups is 1. The van der Waals surface area contributed by atoms with Gasteiger partial charge in [-0.3, -0.25) is 4.79 Å². The Hall–Kier alpha value is -1.22. The second kappa shape index (κ2) is 7.53. The maximum atomic E-state index is 12.8. The standard InChI is InChI=1S/C17H24FNO/c1-2-14-4-3-11-19(12-9-14)13-10-17(20)15-5-7-16(18)8-6-15/h5-8,14H,2-4,9-13H2,1H3. The van der Waals surface area contributed by atoms with Gasteiger partial charge in [0.1, 0.15) is 5.82 Å². The average Bonchev–Trinajstić information content (AvgIpc) is 2.70. The minimum absolute atomic E-state index is 0.112. The van der Waals surface area contributed by atoms with Crippen molar-refractivity contribution in [3.8, 4) is 0 Å². The molecule has 1 fully saturated rings. The highest BCUT2D eigenvalue weighted by atomic mass is 19.1. The van der Waals surface area contributed by atoms with Crippen molar-refractivity contribution in [2.75, 3.05) is 19.6 Å². The van der Waals surface area contributed by atoms with Crippen molar-refractivity contribution in [2.45, 2.75) is 39.0 Å². The third-order valence-corrected chi connectivity index (χ3v) is 4.34. The Kier molecular flexibility index (Phi) is 5.72. The SMILES string of the molecule is CCC1CCCN(CCC(=O)c2ccc(F)cc2)CC1. The number of hydrogen-bond donors (Lipinski definition) is 0. The van der Waals surface area contributed by atoms with Crippen molar-refractivity contribution in [2.24, 2.45) is 5.92 Å². The molecule has 110 valence electrons. The molecule has 0 amide bonds. The molecule has 1 unspecified atom stereocenters. The highest BCUT2D eigenvalue weighted by Gasteiger charge is 2.16. The van der Waals surface area contributed by atoms with Crippen LogP contribution in [0.15, 0.2) is 24.3 Å². The van der Waals surface area contributed by atoms with Gasteiger partial charge in [-0.15, -0.1) is 0 Å². The van der Waals surface area contributed by atoms with Crippen LogP contribution in [0, 0.1) is 11.7 Å². The van der Waals surface area contributed by atoms with Crippen LogP contribution in [-0.4, -0.2) is 30.3 Å². The quantitative estimate of drug-likeness (QED) is 0.761. The smallest absolute Gasteiger partial charge is 0.164 e. The van der Waals surface area contributed by atoms with E-state index in [2.05, 4.69) is 11.8 Å². The molecule has 0 saturated carbocycles. The Balaban J connectivity index is 1.79. The third kappa shape index (κ3) is 4.41. The molecule has 1 saturated heterocycles. The van der Waals surface area contributed by atoms with Gasteiger partial charge in [0.2, 0.25) is 0 Å². The zero-order valence-electron chi connectivity index (χ0n) is 12.3. The number of ketones is 1. The van der Waals surface area contributed by atoms with Gasteiger partial charge in [-0.05, 0) is 62.5 Å². The van der Waals surface area contributed by atoms with Crippen LogP contribution in [0.2, 0.25) is 0 Å². The third-order valence-electron chi connectivity index (χ3n) is 4.34. The summed E-state index contributed by atoms with van der Waals surface area (Å²) in [6.07, 6.45) is 5.61. The number of carbonyl (C=O) groups excluding carboxylic acids is 1. The summed E-state index contributed by atoms with van der Waals surface area (Å²) < 4.78 is 12.8. The predicted octanol–water partition coefficient (Wildman–Crippen LogP) is 3.91. The molecule has 0 radical (unpaired) electrons. The van der Waals surface area contributed by atoms with Gasteiger partial charge < -0.3 is 4.90 Å². The van der Waals surface area contributed by atoms with Crippen molar-refractivity contribution in [3.05, 3.63) is 35.6 Å². The number of likely N-dealkylation sites (tertiary alicyclic amines) is 1. The zero-order chi connectivity index (χ0) is 14.4. The van der Waals surface area contributed by atoms with Crippen LogP contribution in [-0.2, 0) is 0 Å². The van der Waals surface area contributed by atoms with E-state index in [9.17, 15) is 9.18 Å². The summed E-state index contributed by atoms with van der Waals surface area (Å²) in [7, 11) is 0. The predicted molar refractivity (Wildman–Crippen MR) is 79.4 cm³/mol. The first-order valence-corrected chi connectivity index (χ1v) is 7.70. The van der Waals surface area contributed by atoms with Crippen LogP contribution in [0.3, 0.4) is 0 Å². The minimum atomic E-state index is -0.292. The number of Topliss-reactive ketones (excluding diaryl/α,β-unsaturated/α-hetero) is 1. The Morgan fingerprint density at radius 2 is 2.00 bits per heavy atom. The number of nitrogens with zero attached hydrogens (tertiary/aromatic N) is 1. The van der Waals surface area contributed by atoms with Crippen molar-refractivity contribution < 1.29 is 9.18 Å². The molecule has 1 heterocycles. The maximum absolute atomic E-state index is 12.8. The first-order valence-electron chi connectivity index (χ1n) is 7.70. The lowest BCUT2D eigenvalue weighted by Crippen LogP contribution is -2.27. The van der Waals surface area contributed by atoms with E-state index in [1.807, 2.05) is 0 Å². The molecular weight excluding hydrogens is 253 g/mol. The zero-order valence-corrected chi connectivity index (χ0v) is 12.3. The molecular formula is C17H24FNO. The summed E-state index contributed by atoms with van der Waals surface area (Å²) in [4.78, 5) is 14.5. The molecule has 1 aliphatic rings. The number of benzene rings is 1. The van der Waals surface area contributed by atoms with E-state index in [4.69, 9.17) is 0 Å². The van der Waals surface area contributed by atoms with Crippen LogP contribution in [0.4, 0.5) is 4.39 Å². The Labute approximate surface area is 121 Å². The van der Waals surface area contributed by atoms with E-state index in [0.717, 1.165) is 25.6 Å². The van der Waals surface area contributed by atoms with Gasteiger partial charge in [-0.25, -0.2) is 4.39 Å². The topological polar surface area (TPSA) is 20.3 Å².